The lowest BCUT2D eigenvalue weighted by Crippen LogP contribution is -2.37. The van der Waals surface area contributed by atoms with E-state index in [0.29, 0.717) is 22.7 Å². The lowest BCUT2D eigenvalue weighted by molar-refractivity contribution is -0.146. The van der Waals surface area contributed by atoms with Gasteiger partial charge in [-0.1, -0.05) is 24.3 Å². The van der Waals surface area contributed by atoms with Gasteiger partial charge >= 0.3 is 5.97 Å². The minimum atomic E-state index is -0.723. The Balaban J connectivity index is 1.48. The van der Waals surface area contributed by atoms with Crippen LogP contribution in [0.1, 0.15) is 10.4 Å². The number of carbonyl (C=O) groups excluding carboxylic acids is 3. The van der Waals surface area contributed by atoms with Gasteiger partial charge in [-0.3, -0.25) is 14.4 Å². The molecule has 1 N–H and O–H groups in total. The molecule has 0 atom stereocenters. The number of nitrogens with one attached hydrogen (secondary N) is 1. The highest BCUT2D eigenvalue weighted by molar-refractivity contribution is 5.97. The van der Waals surface area contributed by atoms with Crippen LogP contribution in [0.3, 0.4) is 0 Å². The number of para-hydroxylation sites is 1. The van der Waals surface area contributed by atoms with Gasteiger partial charge in [-0.05, 0) is 30.3 Å². The van der Waals surface area contributed by atoms with Gasteiger partial charge < -0.3 is 24.4 Å². The molecule has 0 aliphatic carbocycles. The Hall–Kier alpha value is -3.81. The third kappa shape index (κ3) is 5.13. The molecule has 1 aliphatic rings. The highest BCUT2D eigenvalue weighted by Crippen LogP contribution is 2.32. The standard InChI is InChI=1S/C21H20N2O6/c1-2-10-23(16-6-4-3-5-7-16)19(24)13-27-20(25)12-22-21(26)15-8-9-17-18(11-15)29-14-28-17/h2-9,11H,1,10,12-14H2,(H,22,26). The first-order chi connectivity index (χ1) is 14.1. The maximum Gasteiger partial charge on any atom is 0.325 e. The fourth-order valence-corrected chi connectivity index (χ4v) is 2.65. The number of nitrogens with zero attached hydrogens (tertiary/aromatic N) is 1. The molecular weight excluding hydrogens is 376 g/mol. The second-order valence-corrected chi connectivity index (χ2v) is 6.04. The normalized spacial score (nSPS) is 11.4. The van der Waals surface area contributed by atoms with Gasteiger partial charge in [-0.15, -0.1) is 6.58 Å². The Morgan fingerprint density at radius 1 is 1.10 bits per heavy atom. The van der Waals surface area contributed by atoms with Crippen molar-refractivity contribution in [2.75, 3.05) is 31.4 Å². The number of amides is 2. The molecule has 0 radical (unpaired) electrons. The summed E-state index contributed by atoms with van der Waals surface area (Å²) >= 11 is 0. The lowest BCUT2D eigenvalue weighted by atomic mass is 10.2. The number of fused-ring (bicyclic) bond motifs is 1. The number of benzene rings is 2. The van der Waals surface area contributed by atoms with Crippen LogP contribution >= 0.6 is 0 Å². The van der Waals surface area contributed by atoms with Gasteiger partial charge in [0, 0.05) is 17.8 Å². The Kier molecular flexibility index (Phi) is 6.47. The molecule has 2 aromatic carbocycles. The summed E-state index contributed by atoms with van der Waals surface area (Å²) in [5.74, 6) is -0.564. The number of carbonyl (C=O) groups is 3. The Morgan fingerprint density at radius 2 is 1.86 bits per heavy atom. The van der Waals surface area contributed by atoms with Crippen LogP contribution in [0.15, 0.2) is 61.2 Å². The minimum Gasteiger partial charge on any atom is -0.454 e. The molecular formula is C21H20N2O6. The summed E-state index contributed by atoms with van der Waals surface area (Å²) < 4.78 is 15.4. The molecule has 1 aliphatic heterocycles. The van der Waals surface area contributed by atoms with Crippen molar-refractivity contribution in [1.29, 1.82) is 0 Å². The molecule has 2 aromatic rings. The van der Waals surface area contributed by atoms with Gasteiger partial charge in [-0.2, -0.15) is 0 Å². The van der Waals surface area contributed by atoms with E-state index in [1.54, 1.807) is 42.5 Å². The fourth-order valence-electron chi connectivity index (χ4n) is 2.65. The highest BCUT2D eigenvalue weighted by atomic mass is 16.7. The first-order valence-electron chi connectivity index (χ1n) is 8.88. The van der Waals surface area contributed by atoms with Crippen molar-refractivity contribution in [3.8, 4) is 11.5 Å². The molecule has 8 heteroatoms. The number of esters is 1. The van der Waals surface area contributed by atoms with Crippen LogP contribution < -0.4 is 19.7 Å². The number of ether oxygens (including phenoxy) is 3. The van der Waals surface area contributed by atoms with E-state index in [1.807, 2.05) is 6.07 Å². The number of rotatable bonds is 8. The van der Waals surface area contributed by atoms with Crippen LogP contribution in [0.4, 0.5) is 5.69 Å². The van der Waals surface area contributed by atoms with Crippen molar-refractivity contribution in [2.24, 2.45) is 0 Å². The quantitative estimate of drug-likeness (QED) is 0.541. The molecule has 0 unspecified atom stereocenters. The third-order valence-corrected chi connectivity index (χ3v) is 4.07. The summed E-state index contributed by atoms with van der Waals surface area (Å²) in [5, 5.41) is 2.45. The van der Waals surface area contributed by atoms with Crippen LogP contribution in [0.5, 0.6) is 11.5 Å². The molecule has 150 valence electrons. The Morgan fingerprint density at radius 3 is 2.62 bits per heavy atom. The second-order valence-electron chi connectivity index (χ2n) is 6.04. The molecule has 0 aromatic heterocycles. The zero-order valence-corrected chi connectivity index (χ0v) is 15.6. The summed E-state index contributed by atoms with van der Waals surface area (Å²) in [4.78, 5) is 37.9. The molecule has 0 bridgehead atoms. The maximum atomic E-state index is 12.4. The molecule has 2 amide bonds. The lowest BCUT2D eigenvalue weighted by Gasteiger charge is -2.21. The molecule has 0 saturated heterocycles. The van der Waals surface area contributed by atoms with Crippen LogP contribution in [-0.4, -0.2) is 44.3 Å². The van der Waals surface area contributed by atoms with Gasteiger partial charge in [0.1, 0.15) is 6.54 Å². The molecule has 3 rings (SSSR count). The van der Waals surface area contributed by atoms with Crippen molar-refractivity contribution in [3.63, 3.8) is 0 Å². The molecule has 29 heavy (non-hydrogen) atoms. The topological polar surface area (TPSA) is 94.2 Å². The van der Waals surface area contributed by atoms with E-state index in [1.165, 1.54) is 11.0 Å². The molecule has 0 saturated carbocycles. The van der Waals surface area contributed by atoms with E-state index in [9.17, 15) is 14.4 Å². The fraction of sp³-hybridized carbons (Fsp3) is 0.190. The number of anilines is 1. The van der Waals surface area contributed by atoms with Crippen molar-refractivity contribution < 1.29 is 28.6 Å². The van der Waals surface area contributed by atoms with Crippen LogP contribution in [0.2, 0.25) is 0 Å². The van der Waals surface area contributed by atoms with Gasteiger partial charge in [0.15, 0.2) is 18.1 Å². The SMILES string of the molecule is C=CCN(C(=O)COC(=O)CNC(=O)c1ccc2c(c1)OCO2)c1ccccc1. The summed E-state index contributed by atoms with van der Waals surface area (Å²) in [7, 11) is 0. The zero-order valence-electron chi connectivity index (χ0n) is 15.6. The Bertz CT molecular complexity index is 913. The van der Waals surface area contributed by atoms with E-state index in [-0.39, 0.29) is 19.9 Å². The summed E-state index contributed by atoms with van der Waals surface area (Å²) in [6.07, 6.45) is 1.58. The predicted molar refractivity (Wildman–Crippen MR) is 105 cm³/mol. The average Bonchev–Trinajstić information content (AvgIpc) is 3.22. The number of hydrogen-bond donors (Lipinski definition) is 1. The van der Waals surface area contributed by atoms with E-state index in [2.05, 4.69) is 11.9 Å². The van der Waals surface area contributed by atoms with Crippen molar-refractivity contribution in [2.45, 2.75) is 0 Å². The molecule has 0 spiro atoms. The third-order valence-electron chi connectivity index (χ3n) is 4.07. The van der Waals surface area contributed by atoms with Gasteiger partial charge in [0.05, 0.1) is 0 Å². The summed E-state index contributed by atoms with van der Waals surface area (Å²) in [6, 6.07) is 13.7. The van der Waals surface area contributed by atoms with Crippen LogP contribution in [0, 0.1) is 0 Å². The van der Waals surface area contributed by atoms with E-state index < -0.39 is 24.4 Å². The number of hydrogen-bond acceptors (Lipinski definition) is 6. The van der Waals surface area contributed by atoms with E-state index >= 15 is 0 Å². The Labute approximate surface area is 167 Å². The molecule has 8 nitrogen and oxygen atoms in total. The van der Waals surface area contributed by atoms with Crippen molar-refractivity contribution in [3.05, 3.63) is 66.7 Å². The first kappa shape index (κ1) is 19.9. The maximum absolute atomic E-state index is 12.4. The molecule has 0 fully saturated rings. The van der Waals surface area contributed by atoms with Crippen molar-refractivity contribution in [1.82, 2.24) is 5.32 Å². The predicted octanol–water partition coefficient (Wildman–Crippen LogP) is 1.91. The van der Waals surface area contributed by atoms with Gasteiger partial charge in [-0.25, -0.2) is 0 Å². The van der Waals surface area contributed by atoms with E-state index in [4.69, 9.17) is 14.2 Å². The summed E-state index contributed by atoms with van der Waals surface area (Å²) in [6.45, 7) is 3.21. The van der Waals surface area contributed by atoms with Gasteiger partial charge in [0.25, 0.3) is 11.8 Å². The summed E-state index contributed by atoms with van der Waals surface area (Å²) in [5.41, 5.74) is 0.990. The van der Waals surface area contributed by atoms with Gasteiger partial charge in [0.2, 0.25) is 6.79 Å². The first-order valence-corrected chi connectivity index (χ1v) is 8.88. The van der Waals surface area contributed by atoms with Crippen LogP contribution in [0.25, 0.3) is 0 Å². The van der Waals surface area contributed by atoms with Crippen molar-refractivity contribution >= 4 is 23.5 Å². The van der Waals surface area contributed by atoms with Crippen LogP contribution in [-0.2, 0) is 14.3 Å². The molecule has 1 heterocycles. The minimum absolute atomic E-state index is 0.104. The largest absolute Gasteiger partial charge is 0.454 e. The smallest absolute Gasteiger partial charge is 0.325 e. The monoisotopic (exact) mass is 396 g/mol. The second kappa shape index (κ2) is 9.41. The zero-order chi connectivity index (χ0) is 20.6. The average molecular weight is 396 g/mol. The highest BCUT2D eigenvalue weighted by Gasteiger charge is 2.18. The van der Waals surface area contributed by atoms with E-state index in [0.717, 1.165) is 0 Å².